The fourth-order valence-electron chi connectivity index (χ4n) is 3.66. The number of halogens is 1. The molecule has 0 aliphatic carbocycles. The Morgan fingerprint density at radius 2 is 2.00 bits per heavy atom. The van der Waals surface area contributed by atoms with Crippen molar-refractivity contribution in [1.82, 2.24) is 4.90 Å². The molecule has 2 N–H and O–H groups in total. The Morgan fingerprint density at radius 1 is 1.21 bits per heavy atom. The van der Waals surface area contributed by atoms with E-state index in [1.165, 1.54) is 0 Å². The lowest BCUT2D eigenvalue weighted by atomic mass is 9.90. The Kier molecular flexibility index (Phi) is 7.12. The highest BCUT2D eigenvalue weighted by atomic mass is 35.5. The summed E-state index contributed by atoms with van der Waals surface area (Å²) in [5, 5.41) is 0.581. The molecule has 154 valence electrons. The number of primary amides is 1. The molecule has 3 rings (SSSR count). The molecule has 0 radical (unpaired) electrons. The predicted molar refractivity (Wildman–Crippen MR) is 111 cm³/mol. The number of hydrogen-bond acceptors (Lipinski definition) is 4. The van der Waals surface area contributed by atoms with Crippen LogP contribution in [0.1, 0.15) is 28.8 Å². The summed E-state index contributed by atoms with van der Waals surface area (Å²) in [6, 6.07) is 14.5. The van der Waals surface area contributed by atoms with Gasteiger partial charge in [-0.15, -0.1) is 0 Å². The topological polar surface area (TPSA) is 81.9 Å². The van der Waals surface area contributed by atoms with Gasteiger partial charge in [0.05, 0.1) is 6.61 Å². The number of benzene rings is 2. The second kappa shape index (κ2) is 9.76. The van der Waals surface area contributed by atoms with Gasteiger partial charge in [0.15, 0.2) is 0 Å². The van der Waals surface area contributed by atoms with Crippen LogP contribution in [0, 0.1) is 5.92 Å². The van der Waals surface area contributed by atoms with Gasteiger partial charge in [0.2, 0.25) is 5.91 Å². The van der Waals surface area contributed by atoms with Crippen molar-refractivity contribution in [1.29, 1.82) is 0 Å². The molecule has 1 saturated heterocycles. The summed E-state index contributed by atoms with van der Waals surface area (Å²) >= 11 is 6.04. The van der Waals surface area contributed by atoms with Crippen molar-refractivity contribution in [3.8, 4) is 5.75 Å². The highest BCUT2D eigenvalue weighted by Crippen LogP contribution is 2.28. The van der Waals surface area contributed by atoms with Crippen molar-refractivity contribution < 1.29 is 19.1 Å². The summed E-state index contributed by atoms with van der Waals surface area (Å²) in [6.07, 6.45) is 0.539. The number of rotatable bonds is 7. The summed E-state index contributed by atoms with van der Waals surface area (Å²) in [4.78, 5) is 26.4. The first kappa shape index (κ1) is 21.1. The van der Waals surface area contributed by atoms with E-state index in [4.69, 9.17) is 26.8 Å². The molecule has 1 heterocycles. The highest BCUT2D eigenvalue weighted by Gasteiger charge is 2.34. The molecule has 0 bridgehead atoms. The zero-order valence-electron chi connectivity index (χ0n) is 16.3. The van der Waals surface area contributed by atoms with E-state index in [-0.39, 0.29) is 24.3 Å². The lowest BCUT2D eigenvalue weighted by Gasteiger charge is -2.38. The van der Waals surface area contributed by atoms with Gasteiger partial charge < -0.3 is 20.1 Å². The number of methoxy groups -OCH3 is 1. The lowest BCUT2D eigenvalue weighted by molar-refractivity contribution is -0.120. The maximum atomic E-state index is 13.0. The van der Waals surface area contributed by atoms with Crippen molar-refractivity contribution in [2.75, 3.05) is 20.2 Å². The molecule has 2 atom stereocenters. The van der Waals surface area contributed by atoms with Crippen LogP contribution in [0.2, 0.25) is 5.02 Å². The van der Waals surface area contributed by atoms with Crippen molar-refractivity contribution in [3.63, 3.8) is 0 Å². The monoisotopic (exact) mass is 416 g/mol. The molecule has 1 aliphatic heterocycles. The van der Waals surface area contributed by atoms with Crippen LogP contribution in [0.4, 0.5) is 0 Å². The fraction of sp³-hybridized carbons (Fsp3) is 0.364. The Balaban J connectivity index is 1.73. The molecular formula is C22H25ClN2O4. The molecule has 29 heavy (non-hydrogen) atoms. The van der Waals surface area contributed by atoms with E-state index in [0.29, 0.717) is 42.5 Å². The van der Waals surface area contributed by atoms with Crippen molar-refractivity contribution in [3.05, 3.63) is 64.7 Å². The van der Waals surface area contributed by atoms with E-state index in [2.05, 4.69) is 0 Å². The van der Waals surface area contributed by atoms with Gasteiger partial charge in [-0.3, -0.25) is 9.59 Å². The molecule has 2 amide bonds. The van der Waals surface area contributed by atoms with Crippen LogP contribution >= 0.6 is 11.6 Å². The maximum absolute atomic E-state index is 13.0. The Bertz CT molecular complexity index is 873. The minimum absolute atomic E-state index is 0.0707. The van der Waals surface area contributed by atoms with Gasteiger partial charge in [0, 0.05) is 49.5 Å². The molecule has 7 heteroatoms. The van der Waals surface area contributed by atoms with Crippen LogP contribution in [-0.2, 0) is 16.1 Å². The maximum Gasteiger partial charge on any atom is 0.253 e. The van der Waals surface area contributed by atoms with E-state index in [9.17, 15) is 9.59 Å². The van der Waals surface area contributed by atoms with E-state index < -0.39 is 5.91 Å². The number of carbonyl (C=O) groups is 2. The molecule has 1 fully saturated rings. The molecular weight excluding hydrogens is 392 g/mol. The number of nitrogens with zero attached hydrogens (tertiary/aromatic N) is 1. The quantitative estimate of drug-likeness (QED) is 0.751. The SMILES string of the molecule is COCc1cccc(C(=O)N2CC[C@H](Oc3cccc(Cl)c3)[C@@H](CC(N)=O)C2)c1. The van der Waals surface area contributed by atoms with Crippen LogP contribution in [0.3, 0.4) is 0 Å². The minimum atomic E-state index is -0.411. The van der Waals surface area contributed by atoms with Gasteiger partial charge >= 0.3 is 0 Å². The van der Waals surface area contributed by atoms with E-state index in [1.54, 1.807) is 30.2 Å². The van der Waals surface area contributed by atoms with Gasteiger partial charge in [-0.2, -0.15) is 0 Å². The average molecular weight is 417 g/mol. The molecule has 0 spiro atoms. The van der Waals surface area contributed by atoms with E-state index in [1.807, 2.05) is 30.3 Å². The number of nitrogens with two attached hydrogens (primary N) is 1. The largest absolute Gasteiger partial charge is 0.490 e. The third kappa shape index (κ3) is 5.71. The van der Waals surface area contributed by atoms with Gasteiger partial charge in [0.25, 0.3) is 5.91 Å². The predicted octanol–water partition coefficient (Wildman–Crippen LogP) is 3.27. The summed E-state index contributed by atoms with van der Waals surface area (Å²) in [5.74, 6) is -0.0277. The summed E-state index contributed by atoms with van der Waals surface area (Å²) < 4.78 is 11.2. The van der Waals surface area contributed by atoms with E-state index in [0.717, 1.165) is 5.56 Å². The number of piperidine rings is 1. The highest BCUT2D eigenvalue weighted by molar-refractivity contribution is 6.30. The molecule has 6 nitrogen and oxygen atoms in total. The van der Waals surface area contributed by atoms with Crippen molar-refractivity contribution >= 4 is 23.4 Å². The van der Waals surface area contributed by atoms with Gasteiger partial charge in [-0.25, -0.2) is 0 Å². The van der Waals surface area contributed by atoms with Gasteiger partial charge in [-0.05, 0) is 35.9 Å². The zero-order chi connectivity index (χ0) is 20.8. The minimum Gasteiger partial charge on any atom is -0.490 e. The van der Waals surface area contributed by atoms with Crippen molar-refractivity contribution in [2.45, 2.75) is 25.6 Å². The number of ether oxygens (including phenoxy) is 2. The van der Waals surface area contributed by atoms with Gasteiger partial charge in [0.1, 0.15) is 11.9 Å². The third-order valence-corrected chi connectivity index (χ3v) is 5.22. The smallest absolute Gasteiger partial charge is 0.253 e. The van der Waals surface area contributed by atoms with Crippen LogP contribution in [0.15, 0.2) is 48.5 Å². The fourth-order valence-corrected chi connectivity index (χ4v) is 3.84. The molecule has 0 aromatic heterocycles. The second-order valence-corrected chi connectivity index (χ2v) is 7.65. The Morgan fingerprint density at radius 3 is 2.72 bits per heavy atom. The number of amides is 2. The molecule has 2 aromatic rings. The lowest BCUT2D eigenvalue weighted by Crippen LogP contribution is -2.49. The summed E-state index contributed by atoms with van der Waals surface area (Å²) in [7, 11) is 1.62. The zero-order valence-corrected chi connectivity index (χ0v) is 17.1. The molecule has 1 aliphatic rings. The Labute approximate surface area is 175 Å². The first-order chi connectivity index (χ1) is 14.0. The Hall–Kier alpha value is -2.57. The van der Waals surface area contributed by atoms with Crippen LogP contribution < -0.4 is 10.5 Å². The van der Waals surface area contributed by atoms with Crippen molar-refractivity contribution in [2.24, 2.45) is 11.7 Å². The van der Waals surface area contributed by atoms with Gasteiger partial charge in [-0.1, -0.05) is 29.8 Å². The third-order valence-electron chi connectivity index (χ3n) is 4.98. The van der Waals surface area contributed by atoms with Crippen LogP contribution in [0.25, 0.3) is 0 Å². The number of hydrogen-bond donors (Lipinski definition) is 1. The summed E-state index contributed by atoms with van der Waals surface area (Å²) in [6.45, 7) is 1.39. The standard InChI is InChI=1S/C22H25ClN2O4/c1-28-14-15-4-2-5-16(10-15)22(27)25-9-8-20(17(13-25)11-21(24)26)29-19-7-3-6-18(23)12-19/h2-7,10,12,17,20H,8-9,11,13-14H2,1H3,(H2,24,26)/t17-,20-/m0/s1. The number of likely N-dealkylation sites (tertiary alicyclic amines) is 1. The first-order valence-corrected chi connectivity index (χ1v) is 9.91. The molecule has 2 aromatic carbocycles. The van der Waals surface area contributed by atoms with Crippen LogP contribution in [-0.4, -0.2) is 43.0 Å². The average Bonchev–Trinajstić information content (AvgIpc) is 2.69. The summed E-state index contributed by atoms with van der Waals surface area (Å²) in [5.41, 5.74) is 7.00. The second-order valence-electron chi connectivity index (χ2n) is 7.22. The molecule has 0 unspecified atom stereocenters. The molecule has 0 saturated carbocycles. The first-order valence-electron chi connectivity index (χ1n) is 9.54. The normalized spacial score (nSPS) is 19.0. The van der Waals surface area contributed by atoms with E-state index >= 15 is 0 Å². The van der Waals surface area contributed by atoms with Crippen LogP contribution in [0.5, 0.6) is 5.75 Å². The number of carbonyl (C=O) groups excluding carboxylic acids is 2.